The van der Waals surface area contributed by atoms with Gasteiger partial charge in [-0.1, -0.05) is 17.2 Å². The standard InChI is InChI=1S/C13H15N3O4/c1-19-7-6-11-15-16-13(20-11)14-10-4-2-9(3-5-10)8-12(17)18/h2-5H,6-8H2,1H3,(H,14,16)(H,17,18). The fraction of sp³-hybridized carbons (Fsp3) is 0.308. The van der Waals surface area contributed by atoms with Gasteiger partial charge in [0.15, 0.2) is 0 Å². The molecule has 7 heteroatoms. The van der Waals surface area contributed by atoms with E-state index in [0.717, 1.165) is 11.3 Å². The van der Waals surface area contributed by atoms with Gasteiger partial charge in [0.2, 0.25) is 5.89 Å². The number of ether oxygens (including phenoxy) is 1. The van der Waals surface area contributed by atoms with Crippen molar-refractivity contribution < 1.29 is 19.1 Å². The number of nitrogens with zero attached hydrogens (tertiary/aromatic N) is 2. The molecule has 106 valence electrons. The van der Waals surface area contributed by atoms with Crippen molar-refractivity contribution in [3.63, 3.8) is 0 Å². The summed E-state index contributed by atoms with van der Waals surface area (Å²) in [5.41, 5.74) is 1.48. The maximum Gasteiger partial charge on any atom is 0.320 e. The number of carbonyl (C=O) groups is 1. The number of anilines is 2. The van der Waals surface area contributed by atoms with Crippen LogP contribution in [0.2, 0.25) is 0 Å². The Morgan fingerprint density at radius 1 is 1.35 bits per heavy atom. The molecule has 0 amide bonds. The summed E-state index contributed by atoms with van der Waals surface area (Å²) >= 11 is 0. The molecule has 0 atom stereocenters. The SMILES string of the molecule is COCCc1nnc(Nc2ccc(CC(=O)O)cc2)o1. The van der Waals surface area contributed by atoms with Gasteiger partial charge in [-0.3, -0.25) is 4.79 Å². The minimum atomic E-state index is -0.856. The van der Waals surface area contributed by atoms with E-state index in [1.54, 1.807) is 31.4 Å². The second-order valence-electron chi connectivity index (χ2n) is 4.14. The van der Waals surface area contributed by atoms with Gasteiger partial charge in [0.05, 0.1) is 13.0 Å². The highest BCUT2D eigenvalue weighted by molar-refractivity contribution is 5.70. The molecular formula is C13H15N3O4. The van der Waals surface area contributed by atoms with Gasteiger partial charge in [-0.2, -0.15) is 0 Å². The minimum Gasteiger partial charge on any atom is -0.481 e. The van der Waals surface area contributed by atoms with E-state index in [1.807, 2.05) is 0 Å². The van der Waals surface area contributed by atoms with Crippen molar-refractivity contribution in [1.29, 1.82) is 0 Å². The lowest BCUT2D eigenvalue weighted by molar-refractivity contribution is -0.136. The van der Waals surface area contributed by atoms with Crippen LogP contribution in [0.15, 0.2) is 28.7 Å². The third kappa shape index (κ3) is 4.06. The van der Waals surface area contributed by atoms with E-state index in [-0.39, 0.29) is 6.42 Å². The molecule has 0 aliphatic heterocycles. The van der Waals surface area contributed by atoms with Gasteiger partial charge in [0.1, 0.15) is 0 Å². The first-order valence-electron chi connectivity index (χ1n) is 6.06. The quantitative estimate of drug-likeness (QED) is 0.793. The van der Waals surface area contributed by atoms with Crippen molar-refractivity contribution in [3.8, 4) is 0 Å². The van der Waals surface area contributed by atoms with Crippen LogP contribution in [-0.2, 0) is 22.4 Å². The Morgan fingerprint density at radius 2 is 2.10 bits per heavy atom. The first kappa shape index (κ1) is 14.0. The number of methoxy groups -OCH3 is 1. The lowest BCUT2D eigenvalue weighted by Gasteiger charge is -2.02. The molecule has 0 aliphatic carbocycles. The number of aromatic nitrogens is 2. The van der Waals surface area contributed by atoms with E-state index in [9.17, 15) is 4.79 Å². The summed E-state index contributed by atoms with van der Waals surface area (Å²) < 4.78 is 10.3. The second kappa shape index (κ2) is 6.67. The summed E-state index contributed by atoms with van der Waals surface area (Å²) in [6.45, 7) is 0.519. The molecule has 0 fully saturated rings. The average Bonchev–Trinajstić information content (AvgIpc) is 2.86. The first-order valence-corrected chi connectivity index (χ1v) is 6.06. The lowest BCUT2D eigenvalue weighted by Crippen LogP contribution is -2.00. The Hall–Kier alpha value is -2.41. The number of aliphatic carboxylic acids is 1. The van der Waals surface area contributed by atoms with Gasteiger partial charge in [0.25, 0.3) is 0 Å². The smallest absolute Gasteiger partial charge is 0.320 e. The lowest BCUT2D eigenvalue weighted by atomic mass is 10.1. The summed E-state index contributed by atoms with van der Waals surface area (Å²) in [5.74, 6) is -0.359. The van der Waals surface area contributed by atoms with Gasteiger partial charge in [-0.05, 0) is 17.7 Å². The van der Waals surface area contributed by atoms with E-state index < -0.39 is 5.97 Å². The maximum absolute atomic E-state index is 10.6. The highest BCUT2D eigenvalue weighted by Crippen LogP contribution is 2.16. The number of hydrogen-bond acceptors (Lipinski definition) is 6. The van der Waals surface area contributed by atoms with Crippen LogP contribution in [0.25, 0.3) is 0 Å². The zero-order valence-electron chi connectivity index (χ0n) is 11.0. The number of carboxylic acids is 1. The second-order valence-corrected chi connectivity index (χ2v) is 4.14. The Morgan fingerprint density at radius 3 is 2.75 bits per heavy atom. The number of benzene rings is 1. The topological polar surface area (TPSA) is 97.5 Å². The number of rotatable bonds is 7. The van der Waals surface area contributed by atoms with Crippen LogP contribution in [0.3, 0.4) is 0 Å². The van der Waals surface area contributed by atoms with Crippen molar-refractivity contribution in [2.75, 3.05) is 19.0 Å². The Labute approximate surface area is 115 Å². The summed E-state index contributed by atoms with van der Waals surface area (Å²) in [6.07, 6.45) is 0.560. The maximum atomic E-state index is 10.6. The molecule has 0 saturated carbocycles. The molecule has 1 heterocycles. The summed E-state index contributed by atoms with van der Waals surface area (Å²) in [6, 6.07) is 7.29. The molecule has 2 aromatic rings. The van der Waals surface area contributed by atoms with Crippen molar-refractivity contribution in [2.24, 2.45) is 0 Å². The van der Waals surface area contributed by atoms with Crippen LogP contribution < -0.4 is 5.32 Å². The Bertz CT molecular complexity index is 565. The summed E-state index contributed by atoms with van der Waals surface area (Å²) in [4.78, 5) is 10.6. The van der Waals surface area contributed by atoms with Crippen LogP contribution >= 0.6 is 0 Å². The van der Waals surface area contributed by atoms with E-state index >= 15 is 0 Å². The molecule has 0 radical (unpaired) electrons. The molecule has 20 heavy (non-hydrogen) atoms. The largest absolute Gasteiger partial charge is 0.481 e. The molecule has 1 aromatic heterocycles. The fourth-order valence-corrected chi connectivity index (χ4v) is 1.60. The van der Waals surface area contributed by atoms with Crippen LogP contribution in [-0.4, -0.2) is 35.0 Å². The number of hydrogen-bond donors (Lipinski definition) is 2. The first-order chi connectivity index (χ1) is 9.67. The van der Waals surface area contributed by atoms with Gasteiger partial charge in [0, 0.05) is 19.2 Å². The Balaban J connectivity index is 1.95. The fourth-order valence-electron chi connectivity index (χ4n) is 1.60. The monoisotopic (exact) mass is 277 g/mol. The molecule has 0 bridgehead atoms. The van der Waals surface area contributed by atoms with Crippen molar-refractivity contribution >= 4 is 17.7 Å². The van der Waals surface area contributed by atoms with Gasteiger partial charge in [-0.15, -0.1) is 5.10 Å². The minimum absolute atomic E-state index is 0.00199. The van der Waals surface area contributed by atoms with Gasteiger partial charge in [-0.25, -0.2) is 0 Å². The molecule has 0 spiro atoms. The van der Waals surface area contributed by atoms with Gasteiger partial charge < -0.3 is 19.6 Å². The zero-order valence-corrected chi connectivity index (χ0v) is 11.0. The predicted molar refractivity (Wildman–Crippen MR) is 70.9 cm³/mol. The normalized spacial score (nSPS) is 10.4. The highest BCUT2D eigenvalue weighted by Gasteiger charge is 2.06. The summed E-state index contributed by atoms with van der Waals surface area (Å²) in [5, 5.41) is 19.4. The third-order valence-electron chi connectivity index (χ3n) is 2.55. The molecule has 7 nitrogen and oxygen atoms in total. The van der Waals surface area contributed by atoms with E-state index in [1.165, 1.54) is 0 Å². The van der Waals surface area contributed by atoms with Gasteiger partial charge >= 0.3 is 12.0 Å². The zero-order chi connectivity index (χ0) is 14.4. The predicted octanol–water partition coefficient (Wildman–Crippen LogP) is 1.63. The molecule has 0 aliphatic rings. The van der Waals surface area contributed by atoms with E-state index in [2.05, 4.69) is 15.5 Å². The van der Waals surface area contributed by atoms with Crippen LogP contribution in [0.4, 0.5) is 11.7 Å². The van der Waals surface area contributed by atoms with E-state index in [4.69, 9.17) is 14.3 Å². The van der Waals surface area contributed by atoms with Crippen LogP contribution in [0.5, 0.6) is 0 Å². The molecule has 2 rings (SSSR count). The van der Waals surface area contributed by atoms with E-state index in [0.29, 0.717) is 24.9 Å². The third-order valence-corrected chi connectivity index (χ3v) is 2.55. The van der Waals surface area contributed by atoms with Crippen molar-refractivity contribution in [1.82, 2.24) is 10.2 Å². The molecule has 0 unspecified atom stereocenters. The highest BCUT2D eigenvalue weighted by atomic mass is 16.5. The van der Waals surface area contributed by atoms with Crippen molar-refractivity contribution in [2.45, 2.75) is 12.8 Å². The number of nitrogens with one attached hydrogen (secondary N) is 1. The molecule has 0 saturated heterocycles. The number of carboxylic acid groups (broad SMARTS) is 1. The summed E-state index contributed by atoms with van der Waals surface area (Å²) in [7, 11) is 1.61. The Kier molecular flexibility index (Phi) is 4.67. The molecule has 1 aromatic carbocycles. The van der Waals surface area contributed by atoms with Crippen molar-refractivity contribution in [3.05, 3.63) is 35.7 Å². The molecule has 2 N–H and O–H groups in total. The van der Waals surface area contributed by atoms with Crippen LogP contribution in [0.1, 0.15) is 11.5 Å². The molecular weight excluding hydrogens is 262 g/mol. The average molecular weight is 277 g/mol. The van der Waals surface area contributed by atoms with Crippen LogP contribution in [0, 0.1) is 0 Å².